The van der Waals surface area contributed by atoms with E-state index in [0.717, 1.165) is 32.1 Å². The minimum absolute atomic E-state index is 0.0383. The number of hydrogen-bond donors (Lipinski definition) is 0. The molecule has 1 unspecified atom stereocenters. The Morgan fingerprint density at radius 3 is 1.67 bits per heavy atom. The normalized spacial score (nSPS) is 26.4. The van der Waals surface area contributed by atoms with Crippen LogP contribution in [-0.4, -0.2) is 11.6 Å². The Labute approximate surface area is 112 Å². The molecule has 0 heterocycles. The van der Waals surface area contributed by atoms with Gasteiger partial charge in [0.2, 0.25) is 0 Å². The molecule has 2 heteroatoms. The summed E-state index contributed by atoms with van der Waals surface area (Å²) in [5.41, 5.74) is -0.814. The molecule has 1 atom stereocenters. The molecule has 1 rings (SSSR count). The zero-order valence-corrected chi connectivity index (χ0v) is 12.6. The summed E-state index contributed by atoms with van der Waals surface area (Å²) in [5.74, 6) is 0.657. The Kier molecular flexibility index (Phi) is 4.74. The molecule has 0 bridgehead atoms. The lowest BCUT2D eigenvalue weighted by Crippen LogP contribution is -2.57. The molecule has 0 amide bonds. The lowest BCUT2D eigenvalue weighted by Gasteiger charge is -2.52. The molecular weight excluding hydrogens is 224 g/mol. The van der Waals surface area contributed by atoms with Crippen molar-refractivity contribution in [2.24, 2.45) is 16.7 Å². The Hall–Kier alpha value is -0.660. The van der Waals surface area contributed by atoms with Crippen molar-refractivity contribution >= 4 is 11.6 Å². The number of carbonyl (C=O) groups is 2. The van der Waals surface area contributed by atoms with E-state index in [1.807, 2.05) is 6.92 Å². The first kappa shape index (κ1) is 15.4. The fourth-order valence-electron chi connectivity index (χ4n) is 4.33. The van der Waals surface area contributed by atoms with Crippen LogP contribution in [0.3, 0.4) is 0 Å². The molecule has 0 aliphatic heterocycles. The lowest BCUT2D eigenvalue weighted by molar-refractivity contribution is -0.163. The van der Waals surface area contributed by atoms with E-state index in [9.17, 15) is 9.59 Å². The molecule has 0 N–H and O–H groups in total. The van der Waals surface area contributed by atoms with Crippen LogP contribution in [0.1, 0.15) is 73.1 Å². The summed E-state index contributed by atoms with van der Waals surface area (Å²) < 4.78 is 0. The van der Waals surface area contributed by atoms with Gasteiger partial charge in [0.05, 0.1) is 0 Å². The molecule has 0 radical (unpaired) electrons. The first-order valence-electron chi connectivity index (χ1n) is 7.57. The van der Waals surface area contributed by atoms with E-state index >= 15 is 0 Å². The van der Waals surface area contributed by atoms with Gasteiger partial charge in [0.15, 0.2) is 0 Å². The fourth-order valence-corrected chi connectivity index (χ4v) is 4.33. The van der Waals surface area contributed by atoms with Crippen LogP contribution < -0.4 is 0 Å². The summed E-state index contributed by atoms with van der Waals surface area (Å²) in [6.45, 7) is 10.3. The average Bonchev–Trinajstić information content (AvgIpc) is 2.40. The first-order chi connectivity index (χ1) is 8.49. The molecule has 0 aromatic rings. The summed E-state index contributed by atoms with van der Waals surface area (Å²) in [5, 5.41) is 0. The summed E-state index contributed by atoms with van der Waals surface area (Å²) >= 11 is 0. The molecule has 18 heavy (non-hydrogen) atoms. The van der Waals surface area contributed by atoms with Gasteiger partial charge in [-0.2, -0.15) is 0 Å². The van der Waals surface area contributed by atoms with E-state index in [1.54, 1.807) is 0 Å². The van der Waals surface area contributed by atoms with E-state index in [-0.39, 0.29) is 5.92 Å². The van der Waals surface area contributed by atoms with Crippen LogP contribution in [0.5, 0.6) is 0 Å². The van der Waals surface area contributed by atoms with Gasteiger partial charge in [-0.1, -0.05) is 34.6 Å². The Morgan fingerprint density at radius 2 is 1.33 bits per heavy atom. The maximum absolute atomic E-state index is 12.9. The average molecular weight is 252 g/mol. The second-order valence-corrected chi connectivity index (χ2v) is 5.68. The monoisotopic (exact) mass is 252 g/mol. The van der Waals surface area contributed by atoms with E-state index in [4.69, 9.17) is 0 Å². The highest BCUT2D eigenvalue weighted by Gasteiger charge is 2.60. The number of carbonyl (C=O) groups excluding carboxylic acids is 2. The van der Waals surface area contributed by atoms with Gasteiger partial charge in [-0.15, -0.1) is 0 Å². The topological polar surface area (TPSA) is 34.1 Å². The molecule has 104 valence electrons. The van der Waals surface area contributed by atoms with Gasteiger partial charge in [-0.05, 0) is 32.1 Å². The highest BCUT2D eigenvalue weighted by atomic mass is 16.1. The summed E-state index contributed by atoms with van der Waals surface area (Å²) in [7, 11) is 0. The van der Waals surface area contributed by atoms with Crippen molar-refractivity contribution in [2.45, 2.75) is 73.1 Å². The third kappa shape index (κ3) is 1.76. The highest BCUT2D eigenvalue weighted by molar-refractivity contribution is 6.02. The second kappa shape index (κ2) is 5.54. The lowest BCUT2D eigenvalue weighted by atomic mass is 9.48. The van der Waals surface area contributed by atoms with Crippen molar-refractivity contribution < 1.29 is 9.59 Å². The molecule has 0 aromatic carbocycles. The second-order valence-electron chi connectivity index (χ2n) is 5.68. The van der Waals surface area contributed by atoms with Crippen molar-refractivity contribution in [3.63, 3.8) is 0 Å². The molecule has 0 aromatic heterocycles. The Morgan fingerprint density at radius 1 is 0.889 bits per heavy atom. The summed E-state index contributed by atoms with van der Waals surface area (Å²) in [6.07, 6.45) is 4.46. The SMILES string of the molecule is CCC1CC(=O)C(CC)(CC)C(CC)(CC)C1=O. The maximum atomic E-state index is 12.9. The molecule has 0 saturated heterocycles. The van der Waals surface area contributed by atoms with Gasteiger partial charge in [0, 0.05) is 23.2 Å². The third-order valence-corrected chi connectivity index (χ3v) is 5.63. The van der Waals surface area contributed by atoms with Gasteiger partial charge in [-0.3, -0.25) is 9.59 Å². The quantitative estimate of drug-likeness (QED) is 0.736. The van der Waals surface area contributed by atoms with Crippen molar-refractivity contribution in [3.05, 3.63) is 0 Å². The molecular formula is C16H28O2. The predicted octanol–water partition coefficient (Wildman–Crippen LogP) is 4.17. The molecule has 1 aliphatic rings. The van der Waals surface area contributed by atoms with Crippen LogP contribution in [-0.2, 0) is 9.59 Å². The minimum atomic E-state index is -0.410. The summed E-state index contributed by atoms with van der Waals surface area (Å²) in [4.78, 5) is 25.5. The number of Topliss-reactive ketones (excluding diaryl/α,β-unsaturated/α-hetero) is 2. The zero-order chi connectivity index (χ0) is 14.0. The van der Waals surface area contributed by atoms with E-state index in [2.05, 4.69) is 27.7 Å². The van der Waals surface area contributed by atoms with Crippen molar-refractivity contribution in [1.29, 1.82) is 0 Å². The van der Waals surface area contributed by atoms with E-state index < -0.39 is 10.8 Å². The Bertz CT molecular complexity index is 322. The van der Waals surface area contributed by atoms with Crippen LogP contribution in [0, 0.1) is 16.7 Å². The van der Waals surface area contributed by atoms with Crippen LogP contribution >= 0.6 is 0 Å². The largest absolute Gasteiger partial charge is 0.299 e. The molecule has 1 aliphatic carbocycles. The van der Waals surface area contributed by atoms with Crippen molar-refractivity contribution in [3.8, 4) is 0 Å². The van der Waals surface area contributed by atoms with Crippen LogP contribution in [0.2, 0.25) is 0 Å². The molecule has 1 saturated carbocycles. The van der Waals surface area contributed by atoms with Crippen molar-refractivity contribution in [1.82, 2.24) is 0 Å². The van der Waals surface area contributed by atoms with Crippen LogP contribution in [0.25, 0.3) is 0 Å². The van der Waals surface area contributed by atoms with E-state index in [0.29, 0.717) is 18.0 Å². The zero-order valence-electron chi connectivity index (χ0n) is 12.6. The maximum Gasteiger partial charge on any atom is 0.143 e. The molecule has 1 fully saturated rings. The number of ketones is 2. The first-order valence-corrected chi connectivity index (χ1v) is 7.57. The van der Waals surface area contributed by atoms with Crippen LogP contribution in [0.4, 0.5) is 0 Å². The third-order valence-electron chi connectivity index (χ3n) is 5.63. The standard InChI is InChI=1S/C16H28O2/c1-6-12-11-13(17)15(7-2,8-3)16(9-4,10-5)14(12)18/h12H,6-11H2,1-5H3. The van der Waals surface area contributed by atoms with Crippen LogP contribution in [0.15, 0.2) is 0 Å². The van der Waals surface area contributed by atoms with E-state index in [1.165, 1.54) is 0 Å². The number of hydrogen-bond acceptors (Lipinski definition) is 2. The predicted molar refractivity (Wildman–Crippen MR) is 74.4 cm³/mol. The van der Waals surface area contributed by atoms with Gasteiger partial charge < -0.3 is 0 Å². The Balaban J connectivity index is 3.40. The minimum Gasteiger partial charge on any atom is -0.299 e. The molecule has 0 spiro atoms. The van der Waals surface area contributed by atoms with Gasteiger partial charge in [0.25, 0.3) is 0 Å². The highest BCUT2D eigenvalue weighted by Crippen LogP contribution is 2.56. The molecule has 2 nitrogen and oxygen atoms in total. The van der Waals surface area contributed by atoms with Crippen molar-refractivity contribution in [2.75, 3.05) is 0 Å². The summed E-state index contributed by atoms with van der Waals surface area (Å²) in [6, 6.07) is 0. The smallest absolute Gasteiger partial charge is 0.143 e. The van der Waals surface area contributed by atoms with Gasteiger partial charge in [-0.25, -0.2) is 0 Å². The number of rotatable bonds is 5. The van der Waals surface area contributed by atoms with Gasteiger partial charge >= 0.3 is 0 Å². The fraction of sp³-hybridized carbons (Fsp3) is 0.875. The van der Waals surface area contributed by atoms with Gasteiger partial charge in [0.1, 0.15) is 11.6 Å².